The summed E-state index contributed by atoms with van der Waals surface area (Å²) >= 11 is 0. The highest BCUT2D eigenvalue weighted by Crippen LogP contribution is 2.38. The first-order chi connectivity index (χ1) is 8.14. The molecule has 18 heavy (non-hydrogen) atoms. The van der Waals surface area contributed by atoms with Gasteiger partial charge in [0, 0.05) is 5.92 Å². The van der Waals surface area contributed by atoms with E-state index < -0.39 is 41.6 Å². The number of hydrogen-bond acceptors (Lipinski definition) is 2. The fourth-order valence-corrected chi connectivity index (χ4v) is 1.95. The normalized spacial score (nSPS) is 34.7. The van der Waals surface area contributed by atoms with Gasteiger partial charge in [0.2, 0.25) is 0 Å². The molecule has 8 heteroatoms. The number of alkyl halides is 5. The van der Waals surface area contributed by atoms with Crippen molar-refractivity contribution in [2.75, 3.05) is 0 Å². The van der Waals surface area contributed by atoms with Crippen molar-refractivity contribution in [1.29, 1.82) is 0 Å². The number of aliphatic hydroxyl groups is 1. The van der Waals surface area contributed by atoms with Gasteiger partial charge in [0.15, 0.2) is 0 Å². The third-order valence-electron chi connectivity index (χ3n) is 2.93. The van der Waals surface area contributed by atoms with Crippen LogP contribution >= 0.6 is 0 Å². The highest BCUT2D eigenvalue weighted by molar-refractivity contribution is 5.86. The molecule has 2 N–H and O–H groups in total. The minimum atomic E-state index is -4.68. The number of fused-ring (bicyclic) bond motifs is 1. The number of carbonyl (C=O) groups is 1. The van der Waals surface area contributed by atoms with E-state index in [1.165, 1.54) is 0 Å². The molecule has 100 valence electrons. The molecule has 0 bridgehead atoms. The first-order valence-electron chi connectivity index (χ1n) is 4.98. The summed E-state index contributed by atoms with van der Waals surface area (Å²) < 4.78 is 63.6. The molecule has 1 fully saturated rings. The number of carbonyl (C=O) groups excluding carboxylic acids is 1. The Morgan fingerprint density at radius 3 is 2.50 bits per heavy atom. The van der Waals surface area contributed by atoms with E-state index in [0.29, 0.717) is 12.2 Å². The number of hydrogen-bond donors (Lipinski definition) is 2. The highest BCUT2D eigenvalue weighted by Gasteiger charge is 2.56. The molecule has 1 amide bonds. The Bertz CT molecular complexity index is 440. The zero-order chi connectivity index (χ0) is 13.7. The second-order valence-electron chi connectivity index (χ2n) is 4.12. The van der Waals surface area contributed by atoms with Crippen molar-refractivity contribution in [2.24, 2.45) is 5.92 Å². The Morgan fingerprint density at radius 1 is 1.33 bits per heavy atom. The van der Waals surface area contributed by atoms with E-state index >= 15 is 0 Å². The molecule has 0 radical (unpaired) electrons. The van der Waals surface area contributed by atoms with E-state index in [2.05, 4.69) is 0 Å². The lowest BCUT2D eigenvalue weighted by molar-refractivity contribution is -0.178. The van der Waals surface area contributed by atoms with Crippen LogP contribution in [0.25, 0.3) is 0 Å². The van der Waals surface area contributed by atoms with Gasteiger partial charge in [0.05, 0.1) is 11.6 Å². The molecule has 0 aromatic rings. The topological polar surface area (TPSA) is 49.3 Å². The van der Waals surface area contributed by atoms with Crippen LogP contribution in [0.2, 0.25) is 0 Å². The second kappa shape index (κ2) is 3.78. The van der Waals surface area contributed by atoms with Crippen molar-refractivity contribution in [3.05, 3.63) is 23.8 Å². The van der Waals surface area contributed by atoms with Crippen LogP contribution in [0.5, 0.6) is 0 Å². The number of piperidine rings is 1. The summed E-state index contributed by atoms with van der Waals surface area (Å²) in [5.41, 5.74) is -1.12. The van der Waals surface area contributed by atoms with Crippen molar-refractivity contribution < 1.29 is 31.9 Å². The summed E-state index contributed by atoms with van der Waals surface area (Å²) in [6, 6.07) is -1.06. The van der Waals surface area contributed by atoms with Gasteiger partial charge in [-0.15, -0.1) is 0 Å². The predicted octanol–water partition coefficient (Wildman–Crippen LogP) is 1.16. The second-order valence-corrected chi connectivity index (χ2v) is 4.12. The van der Waals surface area contributed by atoms with Gasteiger partial charge in [-0.2, -0.15) is 22.0 Å². The average Bonchev–Trinajstić information content (AvgIpc) is 2.25. The van der Waals surface area contributed by atoms with Crippen LogP contribution in [0.15, 0.2) is 23.8 Å². The maximum atomic E-state index is 13.2. The van der Waals surface area contributed by atoms with Crippen LogP contribution in [0.1, 0.15) is 0 Å². The summed E-state index contributed by atoms with van der Waals surface area (Å²) in [5.74, 6) is -7.29. The Hall–Kier alpha value is -1.44. The molecule has 2 aliphatic rings. The van der Waals surface area contributed by atoms with Crippen LogP contribution < -0.4 is 5.32 Å². The van der Waals surface area contributed by atoms with Crippen LogP contribution in [0.3, 0.4) is 0 Å². The third-order valence-corrected chi connectivity index (χ3v) is 2.93. The van der Waals surface area contributed by atoms with E-state index in [9.17, 15) is 31.9 Å². The summed E-state index contributed by atoms with van der Waals surface area (Å²) in [4.78, 5) is 11.0. The number of nitrogens with one attached hydrogen (secondary N) is 1. The lowest BCUT2D eigenvalue weighted by atomic mass is 9.81. The molecule has 2 rings (SSSR count). The van der Waals surface area contributed by atoms with Gasteiger partial charge in [-0.05, 0) is 0 Å². The minimum absolute atomic E-state index is 0.517. The number of rotatable bonds is 0. The summed E-state index contributed by atoms with van der Waals surface area (Å²) in [7, 11) is 0. The summed E-state index contributed by atoms with van der Waals surface area (Å²) in [6.07, 6.45) is -5.00. The van der Waals surface area contributed by atoms with E-state index in [-0.39, 0.29) is 0 Å². The van der Waals surface area contributed by atoms with Crippen molar-refractivity contribution in [1.82, 2.24) is 5.32 Å². The fourth-order valence-electron chi connectivity index (χ4n) is 1.95. The largest absolute Gasteiger partial charge is 0.416 e. The van der Waals surface area contributed by atoms with Gasteiger partial charge in [0.25, 0.3) is 5.91 Å². The van der Waals surface area contributed by atoms with Crippen LogP contribution in [0.4, 0.5) is 22.0 Å². The maximum Gasteiger partial charge on any atom is 0.416 e. The number of aliphatic hydroxyl groups excluding tert-OH is 1. The molecular formula is C10H8F5NO2. The van der Waals surface area contributed by atoms with Crippen LogP contribution in [-0.2, 0) is 4.79 Å². The molecule has 1 heterocycles. The Morgan fingerprint density at radius 2 is 1.94 bits per heavy atom. The first-order valence-corrected chi connectivity index (χ1v) is 4.98. The van der Waals surface area contributed by atoms with Gasteiger partial charge < -0.3 is 10.4 Å². The van der Waals surface area contributed by atoms with Gasteiger partial charge in [-0.25, -0.2) is 0 Å². The van der Waals surface area contributed by atoms with Gasteiger partial charge in [0.1, 0.15) is 6.10 Å². The Balaban J connectivity index is 2.35. The number of halogens is 5. The van der Waals surface area contributed by atoms with Gasteiger partial charge >= 0.3 is 12.1 Å². The quantitative estimate of drug-likeness (QED) is 0.648. The smallest absolute Gasteiger partial charge is 0.386 e. The van der Waals surface area contributed by atoms with Gasteiger partial charge in [-0.3, -0.25) is 4.79 Å². The maximum absolute atomic E-state index is 13.2. The fraction of sp³-hybridized carbons (Fsp3) is 0.500. The minimum Gasteiger partial charge on any atom is -0.386 e. The zero-order valence-corrected chi connectivity index (χ0v) is 8.71. The molecular weight excluding hydrogens is 261 g/mol. The SMILES string of the molecule is O=C1NC2C=CC(C(F)(F)F)=CC2C(O)C1(F)F. The van der Waals surface area contributed by atoms with E-state index in [1.807, 2.05) is 5.32 Å². The molecule has 3 atom stereocenters. The van der Waals surface area contributed by atoms with E-state index in [1.54, 1.807) is 0 Å². The lowest BCUT2D eigenvalue weighted by Crippen LogP contribution is -2.63. The summed E-state index contributed by atoms with van der Waals surface area (Å²) in [5, 5.41) is 11.2. The molecule has 1 saturated heterocycles. The molecule has 0 aromatic heterocycles. The van der Waals surface area contributed by atoms with E-state index in [4.69, 9.17) is 0 Å². The van der Waals surface area contributed by atoms with Crippen LogP contribution in [-0.4, -0.2) is 35.3 Å². The Labute approximate surface area is 98.0 Å². The third kappa shape index (κ3) is 1.90. The lowest BCUT2D eigenvalue weighted by Gasteiger charge is -2.39. The monoisotopic (exact) mass is 269 g/mol. The molecule has 1 aliphatic carbocycles. The number of allylic oxidation sites excluding steroid dienone is 2. The first kappa shape index (κ1) is 13.0. The van der Waals surface area contributed by atoms with Crippen molar-refractivity contribution >= 4 is 5.91 Å². The zero-order valence-electron chi connectivity index (χ0n) is 8.71. The van der Waals surface area contributed by atoms with E-state index in [0.717, 1.165) is 6.08 Å². The number of amides is 1. The Kier molecular flexibility index (Phi) is 2.73. The molecule has 0 spiro atoms. The van der Waals surface area contributed by atoms with Crippen molar-refractivity contribution in [3.8, 4) is 0 Å². The van der Waals surface area contributed by atoms with Crippen molar-refractivity contribution in [2.45, 2.75) is 24.2 Å². The molecule has 3 nitrogen and oxygen atoms in total. The molecule has 0 aromatic carbocycles. The molecule has 0 saturated carbocycles. The standard InChI is InChI=1S/C10H8F5NO2/c11-9(12)7(17)5-3-4(10(13,14)15)1-2-6(5)16-8(9)18/h1-3,5-7,17H,(H,16,18). The summed E-state index contributed by atoms with van der Waals surface area (Å²) in [6.45, 7) is 0. The van der Waals surface area contributed by atoms with Gasteiger partial charge in [-0.1, -0.05) is 18.2 Å². The molecule has 3 unspecified atom stereocenters. The van der Waals surface area contributed by atoms with Crippen molar-refractivity contribution in [3.63, 3.8) is 0 Å². The van der Waals surface area contributed by atoms with Crippen LogP contribution in [0, 0.1) is 5.92 Å². The molecule has 1 aliphatic heterocycles. The highest BCUT2D eigenvalue weighted by atomic mass is 19.4. The average molecular weight is 269 g/mol. The predicted molar refractivity (Wildman–Crippen MR) is 49.7 cm³/mol.